The SMILES string of the molecule is CN(/N=C/c1ccc(C(=O)O)cc1O)C(=O)Cc1ccccc1. The second-order valence-corrected chi connectivity index (χ2v) is 4.90. The van der Waals surface area contributed by atoms with Crippen LogP contribution in [-0.2, 0) is 11.2 Å². The quantitative estimate of drug-likeness (QED) is 0.653. The van der Waals surface area contributed by atoms with Crippen molar-refractivity contribution in [2.24, 2.45) is 5.10 Å². The van der Waals surface area contributed by atoms with Gasteiger partial charge in [-0.3, -0.25) is 4.79 Å². The maximum absolute atomic E-state index is 12.0. The fourth-order valence-corrected chi connectivity index (χ4v) is 1.88. The Balaban J connectivity index is 2.04. The molecule has 0 aliphatic carbocycles. The Bertz CT molecular complexity index is 742. The van der Waals surface area contributed by atoms with Crippen molar-refractivity contribution in [1.29, 1.82) is 0 Å². The van der Waals surface area contributed by atoms with Gasteiger partial charge in [0.05, 0.1) is 18.2 Å². The van der Waals surface area contributed by atoms with Crippen LogP contribution in [0.25, 0.3) is 0 Å². The maximum atomic E-state index is 12.0. The van der Waals surface area contributed by atoms with Gasteiger partial charge in [-0.15, -0.1) is 0 Å². The zero-order valence-corrected chi connectivity index (χ0v) is 12.5. The van der Waals surface area contributed by atoms with Gasteiger partial charge in [0.1, 0.15) is 5.75 Å². The van der Waals surface area contributed by atoms with Crippen LogP contribution in [0.5, 0.6) is 5.75 Å². The Kier molecular flexibility index (Phi) is 5.09. The number of benzene rings is 2. The van der Waals surface area contributed by atoms with Crippen LogP contribution in [-0.4, -0.2) is 40.4 Å². The summed E-state index contributed by atoms with van der Waals surface area (Å²) in [4.78, 5) is 22.8. The molecule has 6 nitrogen and oxygen atoms in total. The zero-order chi connectivity index (χ0) is 16.8. The van der Waals surface area contributed by atoms with Gasteiger partial charge in [0.15, 0.2) is 0 Å². The van der Waals surface area contributed by atoms with Gasteiger partial charge in [-0.2, -0.15) is 5.10 Å². The van der Waals surface area contributed by atoms with Crippen LogP contribution in [0.1, 0.15) is 21.5 Å². The van der Waals surface area contributed by atoms with E-state index in [4.69, 9.17) is 5.11 Å². The molecule has 2 rings (SSSR count). The van der Waals surface area contributed by atoms with E-state index in [9.17, 15) is 14.7 Å². The Hall–Kier alpha value is -3.15. The molecule has 0 radical (unpaired) electrons. The summed E-state index contributed by atoms with van der Waals surface area (Å²) in [7, 11) is 1.52. The third kappa shape index (κ3) is 4.41. The molecule has 0 bridgehead atoms. The Morgan fingerprint density at radius 1 is 1.17 bits per heavy atom. The van der Waals surface area contributed by atoms with E-state index in [0.717, 1.165) is 11.6 Å². The molecular weight excluding hydrogens is 296 g/mol. The highest BCUT2D eigenvalue weighted by Crippen LogP contribution is 2.17. The van der Waals surface area contributed by atoms with E-state index in [2.05, 4.69) is 5.10 Å². The van der Waals surface area contributed by atoms with E-state index in [1.807, 2.05) is 30.3 Å². The first-order valence-electron chi connectivity index (χ1n) is 6.88. The normalized spacial score (nSPS) is 10.7. The van der Waals surface area contributed by atoms with Gasteiger partial charge in [0, 0.05) is 12.6 Å². The van der Waals surface area contributed by atoms with Crippen LogP contribution in [0.4, 0.5) is 0 Å². The summed E-state index contributed by atoms with van der Waals surface area (Å²) < 4.78 is 0. The van der Waals surface area contributed by atoms with E-state index < -0.39 is 5.97 Å². The highest BCUT2D eigenvalue weighted by Gasteiger charge is 2.09. The van der Waals surface area contributed by atoms with Crippen molar-refractivity contribution >= 4 is 18.1 Å². The summed E-state index contributed by atoms with van der Waals surface area (Å²) in [6.07, 6.45) is 1.53. The van der Waals surface area contributed by atoms with Gasteiger partial charge < -0.3 is 10.2 Å². The first-order valence-corrected chi connectivity index (χ1v) is 6.88. The number of hydrogen-bond donors (Lipinski definition) is 2. The van der Waals surface area contributed by atoms with Crippen molar-refractivity contribution in [2.75, 3.05) is 7.05 Å². The van der Waals surface area contributed by atoms with E-state index in [1.54, 1.807) is 0 Å². The number of carboxylic acids is 1. The smallest absolute Gasteiger partial charge is 0.335 e. The van der Waals surface area contributed by atoms with Crippen molar-refractivity contribution in [3.63, 3.8) is 0 Å². The molecule has 118 valence electrons. The van der Waals surface area contributed by atoms with E-state index in [0.29, 0.717) is 5.56 Å². The first kappa shape index (κ1) is 16.2. The fourth-order valence-electron chi connectivity index (χ4n) is 1.88. The van der Waals surface area contributed by atoms with Crippen molar-refractivity contribution in [2.45, 2.75) is 6.42 Å². The molecule has 2 aromatic carbocycles. The number of amides is 1. The molecule has 0 aromatic heterocycles. The standard InChI is InChI=1S/C17H16N2O4/c1-19(16(21)9-12-5-3-2-4-6-12)18-11-14-8-7-13(17(22)23)10-15(14)20/h2-8,10-11,20H,9H2,1H3,(H,22,23)/b18-11+. The monoisotopic (exact) mass is 312 g/mol. The third-order valence-electron chi connectivity index (χ3n) is 3.21. The summed E-state index contributed by atoms with van der Waals surface area (Å²) in [5, 5.41) is 23.8. The summed E-state index contributed by atoms with van der Waals surface area (Å²) >= 11 is 0. The molecule has 0 heterocycles. The number of hydrogen-bond acceptors (Lipinski definition) is 4. The predicted octanol–water partition coefficient (Wildman–Crippen LogP) is 2.13. The lowest BCUT2D eigenvalue weighted by molar-refractivity contribution is -0.129. The van der Waals surface area contributed by atoms with Gasteiger partial charge in [0.2, 0.25) is 5.91 Å². The average molecular weight is 312 g/mol. The summed E-state index contributed by atoms with van der Waals surface area (Å²) in [6.45, 7) is 0. The molecule has 0 atom stereocenters. The van der Waals surface area contributed by atoms with E-state index in [-0.39, 0.29) is 23.6 Å². The largest absolute Gasteiger partial charge is 0.507 e. The van der Waals surface area contributed by atoms with Crippen LogP contribution in [0, 0.1) is 0 Å². The van der Waals surface area contributed by atoms with Gasteiger partial charge in [-0.1, -0.05) is 30.3 Å². The summed E-state index contributed by atoms with van der Waals surface area (Å²) in [5.41, 5.74) is 1.19. The van der Waals surface area contributed by atoms with Crippen molar-refractivity contribution in [3.8, 4) is 5.75 Å². The number of rotatable bonds is 5. The average Bonchev–Trinajstić information content (AvgIpc) is 2.54. The zero-order valence-electron chi connectivity index (χ0n) is 12.5. The minimum Gasteiger partial charge on any atom is -0.507 e. The molecule has 2 aromatic rings. The van der Waals surface area contributed by atoms with Gasteiger partial charge in [-0.05, 0) is 23.8 Å². The molecule has 0 unspecified atom stereocenters. The Morgan fingerprint density at radius 2 is 1.87 bits per heavy atom. The minimum absolute atomic E-state index is 0.0202. The number of phenolic OH excluding ortho intramolecular Hbond substituents is 1. The molecular formula is C17H16N2O4. The molecule has 6 heteroatoms. The second kappa shape index (κ2) is 7.22. The highest BCUT2D eigenvalue weighted by atomic mass is 16.4. The van der Waals surface area contributed by atoms with Crippen molar-refractivity contribution < 1.29 is 19.8 Å². The lowest BCUT2D eigenvalue weighted by atomic mass is 10.1. The molecule has 1 amide bonds. The Labute approximate surface area is 133 Å². The lowest BCUT2D eigenvalue weighted by Crippen LogP contribution is -2.23. The molecule has 0 saturated heterocycles. The van der Waals surface area contributed by atoms with Crippen LogP contribution in [0.2, 0.25) is 0 Å². The number of aromatic hydroxyl groups is 1. The lowest BCUT2D eigenvalue weighted by Gasteiger charge is -2.11. The number of phenols is 1. The second-order valence-electron chi connectivity index (χ2n) is 4.90. The van der Waals surface area contributed by atoms with Gasteiger partial charge >= 0.3 is 5.97 Å². The maximum Gasteiger partial charge on any atom is 0.335 e. The van der Waals surface area contributed by atoms with Gasteiger partial charge in [-0.25, -0.2) is 9.80 Å². The Morgan fingerprint density at radius 3 is 2.48 bits per heavy atom. The number of hydrazone groups is 1. The molecule has 2 N–H and O–H groups in total. The molecule has 0 aliphatic heterocycles. The number of aromatic carboxylic acids is 1. The van der Waals surface area contributed by atoms with Crippen LogP contribution in [0.3, 0.4) is 0 Å². The van der Waals surface area contributed by atoms with Gasteiger partial charge in [0.25, 0.3) is 0 Å². The first-order chi connectivity index (χ1) is 11.0. The third-order valence-corrected chi connectivity index (χ3v) is 3.21. The predicted molar refractivity (Wildman–Crippen MR) is 85.6 cm³/mol. The molecule has 0 fully saturated rings. The van der Waals surface area contributed by atoms with Crippen molar-refractivity contribution in [3.05, 3.63) is 65.2 Å². The molecule has 0 spiro atoms. The number of likely N-dealkylation sites (N-methyl/N-ethyl adjacent to an activating group) is 1. The van der Waals surface area contributed by atoms with E-state index in [1.165, 1.54) is 30.4 Å². The van der Waals surface area contributed by atoms with E-state index >= 15 is 0 Å². The minimum atomic E-state index is -1.13. The topological polar surface area (TPSA) is 90.2 Å². The molecule has 23 heavy (non-hydrogen) atoms. The number of nitrogens with zero attached hydrogens (tertiary/aromatic N) is 2. The van der Waals surface area contributed by atoms with Crippen LogP contribution in [0.15, 0.2) is 53.6 Å². The summed E-state index contributed by atoms with van der Waals surface area (Å²) in [6, 6.07) is 13.2. The van der Waals surface area contributed by atoms with Crippen molar-refractivity contribution in [1.82, 2.24) is 5.01 Å². The highest BCUT2D eigenvalue weighted by molar-refractivity contribution is 5.91. The summed E-state index contributed by atoms with van der Waals surface area (Å²) in [5.74, 6) is -1.54. The number of carboxylic acid groups (broad SMARTS) is 1. The fraction of sp³-hybridized carbons (Fsp3) is 0.118. The van der Waals surface area contributed by atoms with Crippen LogP contribution < -0.4 is 0 Å². The molecule has 0 aliphatic rings. The number of carbonyl (C=O) groups excluding carboxylic acids is 1. The van der Waals surface area contributed by atoms with Crippen LogP contribution >= 0.6 is 0 Å². The molecule has 0 saturated carbocycles. The number of carbonyl (C=O) groups is 2.